The predicted molar refractivity (Wildman–Crippen MR) is 81.8 cm³/mol. The molecule has 0 amide bonds. The lowest BCUT2D eigenvalue weighted by Gasteiger charge is -2.15. The van der Waals surface area contributed by atoms with E-state index in [9.17, 15) is 5.11 Å². The standard InChI is InChI=1S/C17H14N2O/c20-16-10-6-7-14(13-16)17-11-4-5-12-19(18-17)15-8-2-1-3-9-15/h1-13,20H. The molecule has 0 aromatic heterocycles. The van der Waals surface area contributed by atoms with Crippen LogP contribution >= 0.6 is 0 Å². The fourth-order valence-electron chi connectivity index (χ4n) is 2.00. The third-order valence-electron chi connectivity index (χ3n) is 2.97. The van der Waals surface area contributed by atoms with Crippen LogP contribution in [0, 0.1) is 0 Å². The molecule has 1 aliphatic rings. The second kappa shape index (κ2) is 5.45. The van der Waals surface area contributed by atoms with Gasteiger partial charge in [-0.25, -0.2) is 5.01 Å². The second-order valence-electron chi connectivity index (χ2n) is 4.42. The summed E-state index contributed by atoms with van der Waals surface area (Å²) in [4.78, 5) is 0. The summed E-state index contributed by atoms with van der Waals surface area (Å²) in [6.45, 7) is 0. The fourth-order valence-corrected chi connectivity index (χ4v) is 2.00. The molecule has 1 heterocycles. The number of allylic oxidation sites excluding steroid dienone is 3. The highest BCUT2D eigenvalue weighted by molar-refractivity contribution is 6.09. The molecule has 98 valence electrons. The first-order chi connectivity index (χ1) is 9.83. The molecule has 0 saturated carbocycles. The smallest absolute Gasteiger partial charge is 0.116 e. The minimum atomic E-state index is 0.238. The van der Waals surface area contributed by atoms with E-state index in [0.29, 0.717) is 0 Å². The Hall–Kier alpha value is -2.81. The van der Waals surface area contributed by atoms with Crippen molar-refractivity contribution in [3.05, 3.63) is 84.6 Å². The van der Waals surface area contributed by atoms with Crippen LogP contribution in [-0.4, -0.2) is 10.8 Å². The normalized spacial score (nSPS) is 14.0. The number of hydrogen-bond donors (Lipinski definition) is 1. The van der Waals surface area contributed by atoms with Crippen LogP contribution in [-0.2, 0) is 0 Å². The quantitative estimate of drug-likeness (QED) is 0.896. The minimum absolute atomic E-state index is 0.238. The van der Waals surface area contributed by atoms with Gasteiger partial charge in [-0.15, -0.1) is 0 Å². The number of aromatic hydroxyl groups is 1. The number of nitrogens with zero attached hydrogens (tertiary/aromatic N) is 2. The Morgan fingerprint density at radius 3 is 2.55 bits per heavy atom. The average Bonchev–Trinajstić information content (AvgIpc) is 2.74. The van der Waals surface area contributed by atoms with Gasteiger partial charge < -0.3 is 5.11 Å². The van der Waals surface area contributed by atoms with E-state index in [0.717, 1.165) is 17.0 Å². The molecule has 0 radical (unpaired) electrons. The van der Waals surface area contributed by atoms with Crippen molar-refractivity contribution < 1.29 is 5.11 Å². The van der Waals surface area contributed by atoms with Crippen molar-refractivity contribution in [2.75, 3.05) is 5.01 Å². The zero-order chi connectivity index (χ0) is 13.8. The Morgan fingerprint density at radius 2 is 1.75 bits per heavy atom. The van der Waals surface area contributed by atoms with Crippen LogP contribution in [0.25, 0.3) is 0 Å². The number of benzene rings is 2. The first-order valence-corrected chi connectivity index (χ1v) is 6.40. The van der Waals surface area contributed by atoms with E-state index in [1.54, 1.807) is 12.1 Å². The van der Waals surface area contributed by atoms with E-state index >= 15 is 0 Å². The largest absolute Gasteiger partial charge is 0.508 e. The van der Waals surface area contributed by atoms with Crippen molar-refractivity contribution in [3.8, 4) is 5.75 Å². The molecule has 3 nitrogen and oxygen atoms in total. The molecule has 0 spiro atoms. The third-order valence-corrected chi connectivity index (χ3v) is 2.97. The maximum Gasteiger partial charge on any atom is 0.116 e. The number of rotatable bonds is 2. The topological polar surface area (TPSA) is 35.8 Å². The maximum absolute atomic E-state index is 9.59. The number of phenolic OH excluding ortho intramolecular Hbond substituents is 1. The Bertz CT molecular complexity index is 687. The fraction of sp³-hybridized carbons (Fsp3) is 0. The lowest BCUT2D eigenvalue weighted by atomic mass is 10.1. The molecule has 0 saturated heterocycles. The van der Waals surface area contributed by atoms with Gasteiger partial charge in [0.25, 0.3) is 0 Å². The number of hydrogen-bond acceptors (Lipinski definition) is 3. The van der Waals surface area contributed by atoms with E-state index in [2.05, 4.69) is 5.10 Å². The van der Waals surface area contributed by atoms with Crippen LogP contribution in [0.4, 0.5) is 5.69 Å². The van der Waals surface area contributed by atoms with Gasteiger partial charge in [-0.2, -0.15) is 5.10 Å². The highest BCUT2D eigenvalue weighted by atomic mass is 16.3. The van der Waals surface area contributed by atoms with E-state index in [1.165, 1.54) is 0 Å². The van der Waals surface area contributed by atoms with Gasteiger partial charge in [0.15, 0.2) is 0 Å². The summed E-state index contributed by atoms with van der Waals surface area (Å²) in [5, 5.41) is 16.0. The third kappa shape index (κ3) is 2.62. The summed E-state index contributed by atoms with van der Waals surface area (Å²) in [6.07, 6.45) is 7.70. The van der Waals surface area contributed by atoms with E-state index < -0.39 is 0 Å². The molecule has 0 aliphatic carbocycles. The summed E-state index contributed by atoms with van der Waals surface area (Å²) in [7, 11) is 0. The van der Waals surface area contributed by atoms with E-state index in [4.69, 9.17) is 0 Å². The monoisotopic (exact) mass is 262 g/mol. The Balaban J connectivity index is 2.00. The number of para-hydroxylation sites is 1. The molecule has 3 rings (SSSR count). The molecular formula is C17H14N2O. The van der Waals surface area contributed by atoms with E-state index in [1.807, 2.05) is 71.9 Å². The number of hydrazone groups is 1. The maximum atomic E-state index is 9.59. The van der Waals surface area contributed by atoms with Crippen LogP contribution in [0.15, 0.2) is 84.1 Å². The first kappa shape index (κ1) is 12.2. The van der Waals surface area contributed by atoms with Gasteiger partial charge in [-0.3, -0.25) is 0 Å². The Labute approximate surface area is 117 Å². The SMILES string of the molecule is Oc1cccc(C2=NN(c3ccccc3)C=CC=C2)c1. The molecule has 1 aliphatic heterocycles. The van der Waals surface area contributed by atoms with Gasteiger partial charge in [-0.05, 0) is 36.4 Å². The van der Waals surface area contributed by atoms with Crippen molar-refractivity contribution >= 4 is 11.4 Å². The molecule has 2 aromatic rings. The van der Waals surface area contributed by atoms with Crippen molar-refractivity contribution in [1.29, 1.82) is 0 Å². The molecule has 0 fully saturated rings. The van der Waals surface area contributed by atoms with Gasteiger partial charge in [0, 0.05) is 11.8 Å². The zero-order valence-electron chi connectivity index (χ0n) is 10.8. The summed E-state index contributed by atoms with van der Waals surface area (Å²) < 4.78 is 0. The lowest BCUT2D eigenvalue weighted by Crippen LogP contribution is -2.10. The van der Waals surface area contributed by atoms with Crippen LogP contribution < -0.4 is 5.01 Å². The van der Waals surface area contributed by atoms with Crippen LogP contribution in [0.5, 0.6) is 5.75 Å². The first-order valence-electron chi connectivity index (χ1n) is 6.40. The van der Waals surface area contributed by atoms with Gasteiger partial charge in [0.2, 0.25) is 0 Å². The van der Waals surface area contributed by atoms with Crippen molar-refractivity contribution in [2.24, 2.45) is 5.10 Å². The predicted octanol–water partition coefficient (Wildman–Crippen LogP) is 3.69. The Kier molecular flexibility index (Phi) is 3.33. The van der Waals surface area contributed by atoms with Crippen molar-refractivity contribution in [2.45, 2.75) is 0 Å². The van der Waals surface area contributed by atoms with E-state index in [-0.39, 0.29) is 5.75 Å². The molecular weight excluding hydrogens is 248 g/mol. The zero-order valence-corrected chi connectivity index (χ0v) is 10.8. The van der Waals surface area contributed by atoms with Crippen molar-refractivity contribution in [1.82, 2.24) is 0 Å². The molecule has 3 heteroatoms. The van der Waals surface area contributed by atoms with Gasteiger partial charge >= 0.3 is 0 Å². The van der Waals surface area contributed by atoms with Gasteiger partial charge in [0.05, 0.1) is 11.4 Å². The number of anilines is 1. The molecule has 20 heavy (non-hydrogen) atoms. The van der Waals surface area contributed by atoms with Crippen LogP contribution in [0.3, 0.4) is 0 Å². The highest BCUT2D eigenvalue weighted by Gasteiger charge is 2.07. The van der Waals surface area contributed by atoms with Crippen LogP contribution in [0.2, 0.25) is 0 Å². The highest BCUT2D eigenvalue weighted by Crippen LogP contribution is 2.19. The van der Waals surface area contributed by atoms with Crippen LogP contribution in [0.1, 0.15) is 5.56 Å². The Morgan fingerprint density at radius 1 is 0.900 bits per heavy atom. The second-order valence-corrected chi connectivity index (χ2v) is 4.42. The molecule has 0 bridgehead atoms. The minimum Gasteiger partial charge on any atom is -0.508 e. The molecule has 0 atom stereocenters. The van der Waals surface area contributed by atoms with Gasteiger partial charge in [0.1, 0.15) is 5.75 Å². The van der Waals surface area contributed by atoms with Crippen molar-refractivity contribution in [3.63, 3.8) is 0 Å². The summed E-state index contributed by atoms with van der Waals surface area (Å²) in [5.41, 5.74) is 2.67. The summed E-state index contributed by atoms with van der Waals surface area (Å²) in [6, 6.07) is 17.0. The molecule has 0 unspecified atom stereocenters. The molecule has 1 N–H and O–H groups in total. The average molecular weight is 262 g/mol. The summed E-state index contributed by atoms with van der Waals surface area (Å²) >= 11 is 0. The van der Waals surface area contributed by atoms with Gasteiger partial charge in [-0.1, -0.05) is 36.4 Å². The lowest BCUT2D eigenvalue weighted by molar-refractivity contribution is 0.475. The number of phenols is 1. The molecule has 2 aromatic carbocycles. The summed E-state index contributed by atoms with van der Waals surface area (Å²) in [5.74, 6) is 0.238.